The normalized spacial score (nSPS) is 22.2. The molecule has 0 unspecified atom stereocenters. The fourth-order valence-corrected chi connectivity index (χ4v) is 8.67. The zero-order chi connectivity index (χ0) is 42.8. The molecular formula is C41H67N7O10. The van der Waals surface area contributed by atoms with Crippen molar-refractivity contribution >= 4 is 47.5 Å². The van der Waals surface area contributed by atoms with Crippen molar-refractivity contribution in [2.24, 2.45) is 11.8 Å². The Morgan fingerprint density at radius 3 is 1.88 bits per heavy atom. The fraction of sp³-hybridized carbons (Fsp3) is 0.805. The Kier molecular flexibility index (Phi) is 20.3. The van der Waals surface area contributed by atoms with Crippen molar-refractivity contribution in [1.82, 2.24) is 36.0 Å². The van der Waals surface area contributed by atoms with Crippen LogP contribution in [0.2, 0.25) is 0 Å². The second-order valence-corrected chi connectivity index (χ2v) is 16.4. The molecule has 0 aromatic heterocycles. The minimum absolute atomic E-state index is 0.0459. The molecule has 4 rings (SSSR count). The van der Waals surface area contributed by atoms with Gasteiger partial charge in [0.25, 0.3) is 0 Å². The minimum atomic E-state index is -1.18. The van der Waals surface area contributed by atoms with Crippen LogP contribution >= 0.6 is 0 Å². The highest BCUT2D eigenvalue weighted by atomic mass is 16.3. The average molecular weight is 818 g/mol. The number of likely N-dealkylation sites (tertiary alicyclic amines) is 3. The topological polar surface area (TPSA) is 232 Å². The molecule has 58 heavy (non-hydrogen) atoms. The minimum Gasteiger partial charge on any atom is -0.391 e. The molecule has 3 saturated heterocycles. The molecule has 7 amide bonds. The predicted octanol–water partition coefficient (Wildman–Crippen LogP) is 1.17. The second kappa shape index (κ2) is 24.5. The molecular weight excluding hydrogens is 750 g/mol. The van der Waals surface area contributed by atoms with Crippen LogP contribution in [-0.4, -0.2) is 136 Å². The Labute approximate surface area is 342 Å². The summed E-state index contributed by atoms with van der Waals surface area (Å²) in [5.74, 6) is -2.09. The first kappa shape index (κ1) is 48.0. The maximum atomic E-state index is 14.3. The van der Waals surface area contributed by atoms with E-state index in [1.54, 1.807) is 11.8 Å². The van der Waals surface area contributed by atoms with Gasteiger partial charge in [-0.2, -0.15) is 9.59 Å². The van der Waals surface area contributed by atoms with Gasteiger partial charge in [-0.15, -0.1) is 0 Å². The molecule has 0 spiro atoms. The Morgan fingerprint density at radius 1 is 0.707 bits per heavy atom. The highest BCUT2D eigenvalue weighted by molar-refractivity contribution is 5.97. The smallest absolute Gasteiger partial charge is 0.373 e. The van der Waals surface area contributed by atoms with E-state index < -0.39 is 65.8 Å². The number of amides is 7. The highest BCUT2D eigenvalue weighted by Gasteiger charge is 2.41. The number of aliphatic hydroxyl groups excluding tert-OH is 1. The van der Waals surface area contributed by atoms with Crippen LogP contribution in [0.4, 0.5) is 0 Å². The molecule has 0 aromatic carbocycles. The summed E-state index contributed by atoms with van der Waals surface area (Å²) in [7, 11) is 0. The SMILES string of the molecule is CCCNC(=O)[C@@H](NC(=O)[C@@H]1CCCN1C(=O)[C@H](C)NC(=O)[C@@H]1CCCCN1C(=O)[C@H](CCC(=O)N1CCCC1)NC(=O)C[C@H](C)C1CCCCC1)[C@@H](C)O.O=C=O. The van der Waals surface area contributed by atoms with E-state index in [0.29, 0.717) is 77.0 Å². The van der Waals surface area contributed by atoms with Gasteiger partial charge in [-0.1, -0.05) is 46.0 Å². The van der Waals surface area contributed by atoms with Crippen LogP contribution in [0.5, 0.6) is 0 Å². The number of nitrogens with zero attached hydrogens (tertiary/aromatic N) is 3. The van der Waals surface area contributed by atoms with Crippen molar-refractivity contribution in [3.05, 3.63) is 0 Å². The molecule has 3 aliphatic heterocycles. The van der Waals surface area contributed by atoms with Gasteiger partial charge in [-0.3, -0.25) is 33.6 Å². The number of carbonyl (C=O) groups is 7. The molecule has 17 heteroatoms. The number of hydrogen-bond acceptors (Lipinski definition) is 10. The summed E-state index contributed by atoms with van der Waals surface area (Å²) in [6, 6.07) is -4.93. The first-order chi connectivity index (χ1) is 27.7. The van der Waals surface area contributed by atoms with Gasteiger partial charge in [0.15, 0.2) is 0 Å². The van der Waals surface area contributed by atoms with Crippen LogP contribution in [0, 0.1) is 11.8 Å². The summed E-state index contributed by atoms with van der Waals surface area (Å²) in [4.78, 5) is 115. The van der Waals surface area contributed by atoms with Gasteiger partial charge in [-0.05, 0) is 83.5 Å². The largest absolute Gasteiger partial charge is 0.391 e. The number of nitrogens with one attached hydrogen (secondary N) is 4. The van der Waals surface area contributed by atoms with Gasteiger partial charge in [0.1, 0.15) is 30.2 Å². The van der Waals surface area contributed by atoms with E-state index in [2.05, 4.69) is 28.2 Å². The third-order valence-corrected chi connectivity index (χ3v) is 12.0. The lowest BCUT2D eigenvalue weighted by Crippen LogP contribution is -2.60. The Bertz CT molecular complexity index is 1440. The maximum absolute atomic E-state index is 14.3. The maximum Gasteiger partial charge on any atom is 0.373 e. The van der Waals surface area contributed by atoms with Crippen molar-refractivity contribution in [2.75, 3.05) is 32.7 Å². The van der Waals surface area contributed by atoms with Gasteiger partial charge in [-0.25, -0.2) is 0 Å². The van der Waals surface area contributed by atoms with Crippen molar-refractivity contribution in [2.45, 2.75) is 167 Å². The molecule has 3 heterocycles. The standard InChI is InChI=1S/C40H67N7O8.CO2/c1-5-20-41-38(53)35(28(4)48)44-37(52)32-17-13-24-46(32)39(54)27(3)42-36(51)31-16-9-10-23-47(31)40(55)30(18-19-34(50)45-21-11-12-22-45)43-33(49)25-26(2)29-14-7-6-8-15-29;2-1-3/h26-32,35,48H,5-25H2,1-4H3,(H,41,53)(H,42,51)(H,43,49)(H,44,52);/t26-,27-,28+,30-,31-,32-,35-;/m0./s1. The summed E-state index contributed by atoms with van der Waals surface area (Å²) < 4.78 is 0. The zero-order valence-electron chi connectivity index (χ0n) is 34.9. The van der Waals surface area contributed by atoms with Crippen molar-refractivity contribution in [3.8, 4) is 0 Å². The second-order valence-electron chi connectivity index (χ2n) is 16.4. The first-order valence-corrected chi connectivity index (χ1v) is 21.5. The third-order valence-electron chi connectivity index (χ3n) is 12.0. The lowest BCUT2D eigenvalue weighted by atomic mass is 9.79. The Hall–Kier alpha value is -4.37. The third kappa shape index (κ3) is 14.2. The monoisotopic (exact) mass is 817 g/mol. The van der Waals surface area contributed by atoms with Crippen LogP contribution in [0.15, 0.2) is 0 Å². The summed E-state index contributed by atoms with van der Waals surface area (Å²) >= 11 is 0. The quantitative estimate of drug-likeness (QED) is 0.141. The molecule has 4 fully saturated rings. The predicted molar refractivity (Wildman–Crippen MR) is 211 cm³/mol. The summed E-state index contributed by atoms with van der Waals surface area (Å²) in [6.45, 7) is 9.28. The van der Waals surface area contributed by atoms with E-state index in [1.165, 1.54) is 23.1 Å². The molecule has 0 radical (unpaired) electrons. The molecule has 5 N–H and O–H groups in total. The van der Waals surface area contributed by atoms with E-state index in [1.807, 2.05) is 6.92 Å². The fourth-order valence-electron chi connectivity index (χ4n) is 8.67. The molecule has 17 nitrogen and oxygen atoms in total. The van der Waals surface area contributed by atoms with Crippen LogP contribution < -0.4 is 21.3 Å². The molecule has 4 aliphatic rings. The van der Waals surface area contributed by atoms with E-state index in [0.717, 1.165) is 38.5 Å². The first-order valence-electron chi connectivity index (χ1n) is 21.5. The molecule has 326 valence electrons. The van der Waals surface area contributed by atoms with Gasteiger partial charge in [0, 0.05) is 45.6 Å². The summed E-state index contributed by atoms with van der Waals surface area (Å²) in [6.07, 6.45) is 10.6. The van der Waals surface area contributed by atoms with Gasteiger partial charge in [0.05, 0.1) is 6.10 Å². The molecule has 7 atom stereocenters. The summed E-state index contributed by atoms with van der Waals surface area (Å²) in [5.41, 5.74) is 0. The molecule has 0 aromatic rings. The van der Waals surface area contributed by atoms with E-state index in [4.69, 9.17) is 9.59 Å². The van der Waals surface area contributed by atoms with E-state index >= 15 is 0 Å². The lowest BCUT2D eigenvalue weighted by Gasteiger charge is -2.38. The van der Waals surface area contributed by atoms with Crippen molar-refractivity contribution < 1.29 is 48.3 Å². The Balaban J connectivity index is 0.00000291. The zero-order valence-corrected chi connectivity index (χ0v) is 34.9. The molecule has 1 saturated carbocycles. The van der Waals surface area contributed by atoms with Gasteiger partial charge in [0.2, 0.25) is 41.4 Å². The lowest BCUT2D eigenvalue weighted by molar-refractivity contribution is -0.191. The number of carbonyl (C=O) groups excluding carboxylic acids is 9. The Morgan fingerprint density at radius 2 is 1.26 bits per heavy atom. The number of hydrogen-bond donors (Lipinski definition) is 5. The van der Waals surface area contributed by atoms with Crippen LogP contribution in [0.1, 0.15) is 130 Å². The highest BCUT2D eigenvalue weighted by Crippen LogP contribution is 2.31. The molecule has 0 bridgehead atoms. The van der Waals surface area contributed by atoms with Crippen LogP contribution in [0.25, 0.3) is 0 Å². The van der Waals surface area contributed by atoms with Gasteiger partial charge >= 0.3 is 6.15 Å². The van der Waals surface area contributed by atoms with Gasteiger partial charge < -0.3 is 41.1 Å². The average Bonchev–Trinajstić information content (AvgIpc) is 3.94. The van der Waals surface area contributed by atoms with Crippen LogP contribution in [-0.2, 0) is 43.2 Å². The molecule has 1 aliphatic carbocycles. The van der Waals surface area contributed by atoms with Crippen molar-refractivity contribution in [1.29, 1.82) is 0 Å². The number of aliphatic hydroxyl groups is 1. The van der Waals surface area contributed by atoms with E-state index in [-0.39, 0.29) is 43.3 Å². The summed E-state index contributed by atoms with van der Waals surface area (Å²) in [5, 5.41) is 21.3. The number of piperidine rings is 1. The van der Waals surface area contributed by atoms with E-state index in [9.17, 15) is 38.7 Å². The van der Waals surface area contributed by atoms with Crippen molar-refractivity contribution in [3.63, 3.8) is 0 Å². The van der Waals surface area contributed by atoms with Crippen LogP contribution in [0.3, 0.4) is 0 Å². The number of rotatable bonds is 17.